The topological polar surface area (TPSA) is 24.9 Å². The first kappa shape index (κ1) is 14.1. The highest BCUT2D eigenvalue weighted by atomic mass is 35.5. The molecule has 0 radical (unpaired) electrons. The van der Waals surface area contributed by atoms with E-state index >= 15 is 0 Å². The van der Waals surface area contributed by atoms with Crippen molar-refractivity contribution in [3.8, 4) is 0 Å². The molecule has 3 rings (SSSR count). The maximum atomic E-state index is 6.29. The summed E-state index contributed by atoms with van der Waals surface area (Å²) in [6, 6.07) is 16.6. The normalized spacial score (nSPS) is 12.5. The standard InChI is InChI=1S/C18H17ClN2/c1-20-18(11-14-5-2-3-8-17(14)19)15-7-4-6-13-9-10-21-12-16(13)15/h2-10,12,18,20H,11H2,1H3. The van der Waals surface area contributed by atoms with E-state index in [1.165, 1.54) is 16.3 Å². The lowest BCUT2D eigenvalue weighted by Gasteiger charge is -2.19. The van der Waals surface area contributed by atoms with Crippen LogP contribution < -0.4 is 5.32 Å². The minimum Gasteiger partial charge on any atom is -0.313 e. The number of rotatable bonds is 4. The summed E-state index contributed by atoms with van der Waals surface area (Å²) in [7, 11) is 1.98. The van der Waals surface area contributed by atoms with Crippen LogP contribution >= 0.6 is 11.6 Å². The second-order valence-corrected chi connectivity index (χ2v) is 5.49. The van der Waals surface area contributed by atoms with Crippen LogP contribution in [-0.2, 0) is 6.42 Å². The van der Waals surface area contributed by atoms with Gasteiger partial charge in [-0.15, -0.1) is 0 Å². The monoisotopic (exact) mass is 296 g/mol. The van der Waals surface area contributed by atoms with E-state index < -0.39 is 0 Å². The Morgan fingerprint density at radius 2 is 1.95 bits per heavy atom. The molecular formula is C18H17ClN2. The molecule has 1 aromatic heterocycles. The summed E-state index contributed by atoms with van der Waals surface area (Å²) < 4.78 is 0. The van der Waals surface area contributed by atoms with Crippen LogP contribution in [0, 0.1) is 0 Å². The Morgan fingerprint density at radius 1 is 1.10 bits per heavy atom. The number of aromatic nitrogens is 1. The lowest BCUT2D eigenvalue weighted by atomic mass is 9.95. The molecule has 0 aliphatic rings. The van der Waals surface area contributed by atoms with Crippen molar-refractivity contribution in [3.05, 3.63) is 77.1 Å². The maximum absolute atomic E-state index is 6.29. The highest BCUT2D eigenvalue weighted by molar-refractivity contribution is 6.31. The molecule has 2 aromatic carbocycles. The predicted octanol–water partition coefficient (Wildman–Crippen LogP) is 4.39. The summed E-state index contributed by atoms with van der Waals surface area (Å²) in [6.07, 6.45) is 4.61. The molecule has 0 spiro atoms. The van der Waals surface area contributed by atoms with Gasteiger partial charge >= 0.3 is 0 Å². The van der Waals surface area contributed by atoms with Crippen LogP contribution in [-0.4, -0.2) is 12.0 Å². The summed E-state index contributed by atoms with van der Waals surface area (Å²) in [4.78, 5) is 4.26. The zero-order valence-electron chi connectivity index (χ0n) is 11.9. The molecule has 3 heteroatoms. The fourth-order valence-electron chi connectivity index (χ4n) is 2.69. The first-order chi connectivity index (χ1) is 10.3. The lowest BCUT2D eigenvalue weighted by Crippen LogP contribution is -2.19. The number of pyridine rings is 1. The zero-order valence-corrected chi connectivity index (χ0v) is 12.6. The number of halogens is 1. The summed E-state index contributed by atoms with van der Waals surface area (Å²) >= 11 is 6.29. The van der Waals surface area contributed by atoms with Gasteiger partial charge in [0, 0.05) is 28.8 Å². The fraction of sp³-hybridized carbons (Fsp3) is 0.167. The van der Waals surface area contributed by atoms with Crippen molar-refractivity contribution in [3.63, 3.8) is 0 Å². The SMILES string of the molecule is CNC(Cc1ccccc1Cl)c1cccc2ccncc12. The van der Waals surface area contributed by atoms with Crippen molar-refractivity contribution in [1.29, 1.82) is 0 Å². The number of hydrogen-bond donors (Lipinski definition) is 1. The molecule has 0 amide bonds. The van der Waals surface area contributed by atoms with Crippen molar-refractivity contribution in [2.45, 2.75) is 12.5 Å². The van der Waals surface area contributed by atoms with E-state index in [9.17, 15) is 0 Å². The number of benzene rings is 2. The molecule has 1 heterocycles. The van der Waals surface area contributed by atoms with Crippen LogP contribution in [0.4, 0.5) is 0 Å². The quantitative estimate of drug-likeness (QED) is 0.772. The van der Waals surface area contributed by atoms with Crippen molar-refractivity contribution in [1.82, 2.24) is 10.3 Å². The third kappa shape index (κ3) is 2.92. The van der Waals surface area contributed by atoms with Gasteiger partial charge in [0.1, 0.15) is 0 Å². The highest BCUT2D eigenvalue weighted by Crippen LogP contribution is 2.28. The smallest absolute Gasteiger partial charge is 0.0438 e. The second kappa shape index (κ2) is 6.25. The van der Waals surface area contributed by atoms with E-state index in [1.54, 1.807) is 0 Å². The van der Waals surface area contributed by atoms with Gasteiger partial charge in [-0.05, 0) is 42.1 Å². The lowest BCUT2D eigenvalue weighted by molar-refractivity contribution is 0.596. The van der Waals surface area contributed by atoms with Gasteiger partial charge < -0.3 is 5.32 Å². The Balaban J connectivity index is 2.01. The van der Waals surface area contributed by atoms with Crippen LogP contribution in [0.3, 0.4) is 0 Å². The van der Waals surface area contributed by atoms with E-state index in [0.29, 0.717) is 0 Å². The third-order valence-electron chi connectivity index (χ3n) is 3.82. The Kier molecular flexibility index (Phi) is 4.18. The molecule has 2 nitrogen and oxygen atoms in total. The molecule has 0 aliphatic carbocycles. The number of fused-ring (bicyclic) bond motifs is 1. The van der Waals surface area contributed by atoms with Gasteiger partial charge in [0.2, 0.25) is 0 Å². The Labute approximate surface area is 129 Å². The minimum atomic E-state index is 0.206. The van der Waals surface area contributed by atoms with Gasteiger partial charge in [-0.3, -0.25) is 4.98 Å². The molecule has 0 fully saturated rings. The first-order valence-corrected chi connectivity index (χ1v) is 7.40. The van der Waals surface area contributed by atoms with E-state index in [0.717, 1.165) is 17.0 Å². The van der Waals surface area contributed by atoms with Crippen LogP contribution in [0.25, 0.3) is 10.8 Å². The summed E-state index contributed by atoms with van der Waals surface area (Å²) in [6.45, 7) is 0. The molecule has 0 saturated heterocycles. The van der Waals surface area contributed by atoms with Crippen molar-refractivity contribution in [2.24, 2.45) is 0 Å². The van der Waals surface area contributed by atoms with Crippen LogP contribution in [0.2, 0.25) is 5.02 Å². The van der Waals surface area contributed by atoms with Crippen molar-refractivity contribution >= 4 is 22.4 Å². The van der Waals surface area contributed by atoms with Crippen LogP contribution in [0.15, 0.2) is 60.9 Å². The van der Waals surface area contributed by atoms with Crippen molar-refractivity contribution in [2.75, 3.05) is 7.05 Å². The fourth-order valence-corrected chi connectivity index (χ4v) is 2.91. The van der Waals surface area contributed by atoms with E-state index in [4.69, 9.17) is 11.6 Å². The Bertz CT molecular complexity index is 750. The van der Waals surface area contributed by atoms with Gasteiger partial charge in [0.15, 0.2) is 0 Å². The summed E-state index contributed by atoms with van der Waals surface area (Å²) in [5.74, 6) is 0. The van der Waals surface area contributed by atoms with E-state index in [-0.39, 0.29) is 6.04 Å². The molecule has 0 bridgehead atoms. The van der Waals surface area contributed by atoms with Crippen LogP contribution in [0.1, 0.15) is 17.2 Å². The van der Waals surface area contributed by atoms with Gasteiger partial charge in [-0.2, -0.15) is 0 Å². The van der Waals surface area contributed by atoms with Gasteiger partial charge in [0.05, 0.1) is 0 Å². The van der Waals surface area contributed by atoms with Gasteiger partial charge in [-0.1, -0.05) is 48.0 Å². The highest BCUT2D eigenvalue weighted by Gasteiger charge is 2.14. The maximum Gasteiger partial charge on any atom is 0.0438 e. The molecule has 3 aromatic rings. The van der Waals surface area contributed by atoms with E-state index in [2.05, 4.69) is 34.6 Å². The second-order valence-electron chi connectivity index (χ2n) is 5.08. The number of nitrogens with one attached hydrogen (secondary N) is 1. The zero-order chi connectivity index (χ0) is 14.7. The van der Waals surface area contributed by atoms with Crippen LogP contribution in [0.5, 0.6) is 0 Å². The van der Waals surface area contributed by atoms with Gasteiger partial charge in [0.25, 0.3) is 0 Å². The molecule has 1 N–H and O–H groups in total. The minimum absolute atomic E-state index is 0.206. The van der Waals surface area contributed by atoms with E-state index in [1.807, 2.05) is 43.7 Å². The van der Waals surface area contributed by atoms with Crippen molar-refractivity contribution < 1.29 is 0 Å². The molecule has 1 atom stereocenters. The molecule has 0 aliphatic heterocycles. The predicted molar refractivity (Wildman–Crippen MR) is 88.7 cm³/mol. The molecular weight excluding hydrogens is 280 g/mol. The Morgan fingerprint density at radius 3 is 2.76 bits per heavy atom. The molecule has 21 heavy (non-hydrogen) atoms. The average molecular weight is 297 g/mol. The molecule has 106 valence electrons. The Hall–Kier alpha value is -1.90. The average Bonchev–Trinajstić information content (AvgIpc) is 2.54. The van der Waals surface area contributed by atoms with Gasteiger partial charge in [-0.25, -0.2) is 0 Å². The number of likely N-dealkylation sites (N-methyl/N-ethyl adjacent to an activating group) is 1. The molecule has 1 unspecified atom stereocenters. The number of hydrogen-bond acceptors (Lipinski definition) is 2. The first-order valence-electron chi connectivity index (χ1n) is 7.03. The summed E-state index contributed by atoms with van der Waals surface area (Å²) in [5, 5.41) is 6.61. The number of nitrogens with zero attached hydrogens (tertiary/aromatic N) is 1. The molecule has 0 saturated carbocycles. The summed E-state index contributed by atoms with van der Waals surface area (Å²) in [5.41, 5.74) is 2.41. The largest absolute Gasteiger partial charge is 0.313 e. The third-order valence-corrected chi connectivity index (χ3v) is 4.19.